The molecule has 2 aromatic carbocycles. The van der Waals surface area contributed by atoms with Gasteiger partial charge in [-0.15, -0.1) is 0 Å². The molecule has 2 nitrogen and oxygen atoms in total. The first-order chi connectivity index (χ1) is 14.5. The van der Waals surface area contributed by atoms with Crippen LogP contribution >= 0.6 is 0 Å². The lowest BCUT2D eigenvalue weighted by Gasteiger charge is -2.19. The summed E-state index contributed by atoms with van der Waals surface area (Å²) in [5, 5.41) is 0. The van der Waals surface area contributed by atoms with Crippen molar-refractivity contribution in [2.24, 2.45) is 11.8 Å². The zero-order chi connectivity index (χ0) is 21.5. The highest BCUT2D eigenvalue weighted by Gasteiger charge is 2.15. The summed E-state index contributed by atoms with van der Waals surface area (Å²) in [7, 11) is 0. The number of hydrogen-bond donors (Lipinski definition) is 0. The minimum atomic E-state index is 0.558. The predicted molar refractivity (Wildman–Crippen MR) is 127 cm³/mol. The molecule has 0 amide bonds. The SMILES string of the molecule is [CH2]Cc1cc(OCc2ccccc2)cc(CC(C)C)c1-c1ccnc(CC(C)C)c1. The molecule has 1 radical (unpaired) electrons. The summed E-state index contributed by atoms with van der Waals surface area (Å²) in [5.41, 5.74) is 7.43. The maximum Gasteiger partial charge on any atom is 0.120 e. The second kappa shape index (κ2) is 10.4. The van der Waals surface area contributed by atoms with Gasteiger partial charge < -0.3 is 4.74 Å². The Bertz CT molecular complexity index is 944. The highest BCUT2D eigenvalue weighted by atomic mass is 16.5. The molecule has 0 aliphatic rings. The Hall–Kier alpha value is -2.61. The Kier molecular flexibility index (Phi) is 7.68. The predicted octanol–water partition coefficient (Wildman–Crippen LogP) is 7.10. The van der Waals surface area contributed by atoms with Crippen LogP contribution in [0, 0.1) is 18.8 Å². The van der Waals surface area contributed by atoms with Gasteiger partial charge in [0.05, 0.1) is 0 Å². The van der Waals surface area contributed by atoms with Crippen molar-refractivity contribution in [2.45, 2.75) is 53.6 Å². The fraction of sp³-hybridized carbons (Fsp3) is 0.357. The van der Waals surface area contributed by atoms with E-state index in [1.165, 1.54) is 27.8 Å². The second-order valence-electron chi connectivity index (χ2n) is 8.87. The molecule has 3 aromatic rings. The van der Waals surface area contributed by atoms with Gasteiger partial charge in [0, 0.05) is 11.9 Å². The van der Waals surface area contributed by atoms with Crippen LogP contribution in [0.1, 0.15) is 50.1 Å². The molecule has 0 N–H and O–H groups in total. The first kappa shape index (κ1) is 22.1. The summed E-state index contributed by atoms with van der Waals surface area (Å²) in [6.45, 7) is 13.8. The second-order valence-corrected chi connectivity index (χ2v) is 8.87. The van der Waals surface area contributed by atoms with Crippen LogP contribution in [0.2, 0.25) is 0 Å². The maximum atomic E-state index is 6.18. The normalized spacial score (nSPS) is 11.3. The molecule has 0 aliphatic heterocycles. The third-order valence-corrected chi connectivity index (χ3v) is 5.14. The molecule has 0 bridgehead atoms. The lowest BCUT2D eigenvalue weighted by atomic mass is 9.88. The topological polar surface area (TPSA) is 22.1 Å². The van der Waals surface area contributed by atoms with Crippen LogP contribution in [0.25, 0.3) is 11.1 Å². The maximum absolute atomic E-state index is 6.18. The van der Waals surface area contributed by atoms with E-state index in [0.717, 1.165) is 30.7 Å². The Balaban J connectivity index is 1.99. The smallest absolute Gasteiger partial charge is 0.120 e. The van der Waals surface area contributed by atoms with E-state index >= 15 is 0 Å². The third-order valence-electron chi connectivity index (χ3n) is 5.14. The zero-order valence-electron chi connectivity index (χ0n) is 18.8. The molecule has 0 fully saturated rings. The molecule has 0 atom stereocenters. The van der Waals surface area contributed by atoms with Gasteiger partial charge in [-0.05, 0) is 90.1 Å². The number of ether oxygens (including phenoxy) is 1. The summed E-state index contributed by atoms with van der Waals surface area (Å²) in [6.07, 6.45) is 4.67. The Labute approximate surface area is 182 Å². The summed E-state index contributed by atoms with van der Waals surface area (Å²) in [6, 6.07) is 19.1. The Morgan fingerprint density at radius 2 is 1.57 bits per heavy atom. The Morgan fingerprint density at radius 1 is 0.867 bits per heavy atom. The average molecular weight is 401 g/mol. The van der Waals surface area contributed by atoms with E-state index in [4.69, 9.17) is 4.74 Å². The first-order valence-corrected chi connectivity index (χ1v) is 11.0. The standard InChI is InChI=1S/C28H34NO/c1-6-23-17-27(30-19-22-10-8-7-9-11-22)18-25(14-20(2)3)28(23)24-12-13-29-26(16-24)15-21(4)5/h7-13,16-18,20-21H,1,6,14-15,19H2,2-5H3. The lowest BCUT2D eigenvalue weighted by Crippen LogP contribution is -2.04. The van der Waals surface area contributed by atoms with Crippen LogP contribution < -0.4 is 4.74 Å². The molecule has 3 rings (SSSR count). The molecular formula is C28H34NO. The molecule has 2 heteroatoms. The minimum Gasteiger partial charge on any atom is -0.489 e. The van der Waals surface area contributed by atoms with Crippen LogP contribution in [-0.4, -0.2) is 4.98 Å². The van der Waals surface area contributed by atoms with Gasteiger partial charge in [-0.1, -0.05) is 58.0 Å². The van der Waals surface area contributed by atoms with Gasteiger partial charge >= 0.3 is 0 Å². The number of pyridine rings is 1. The monoisotopic (exact) mass is 400 g/mol. The van der Waals surface area contributed by atoms with Crippen molar-refractivity contribution in [1.82, 2.24) is 4.98 Å². The molecule has 1 heterocycles. The van der Waals surface area contributed by atoms with Crippen LogP contribution in [0.5, 0.6) is 5.75 Å². The van der Waals surface area contributed by atoms with Crippen LogP contribution in [0.15, 0.2) is 60.8 Å². The highest BCUT2D eigenvalue weighted by Crippen LogP contribution is 2.34. The van der Waals surface area contributed by atoms with E-state index in [1.807, 2.05) is 24.4 Å². The van der Waals surface area contributed by atoms with E-state index in [9.17, 15) is 0 Å². The summed E-state index contributed by atoms with van der Waals surface area (Å²) in [5.74, 6) is 2.07. The zero-order valence-corrected chi connectivity index (χ0v) is 18.8. The average Bonchev–Trinajstić information content (AvgIpc) is 2.72. The van der Waals surface area contributed by atoms with Crippen LogP contribution in [0.3, 0.4) is 0 Å². The van der Waals surface area contributed by atoms with Crippen molar-refractivity contribution in [2.75, 3.05) is 0 Å². The quantitative estimate of drug-likeness (QED) is 0.382. The fourth-order valence-electron chi connectivity index (χ4n) is 3.89. The minimum absolute atomic E-state index is 0.558. The van der Waals surface area contributed by atoms with E-state index in [-0.39, 0.29) is 0 Å². The molecule has 157 valence electrons. The van der Waals surface area contributed by atoms with Crippen molar-refractivity contribution >= 4 is 0 Å². The van der Waals surface area contributed by atoms with Crippen LogP contribution in [0.4, 0.5) is 0 Å². The third kappa shape index (κ3) is 5.95. The van der Waals surface area contributed by atoms with Crippen molar-refractivity contribution in [1.29, 1.82) is 0 Å². The Morgan fingerprint density at radius 3 is 2.23 bits per heavy atom. The molecule has 30 heavy (non-hydrogen) atoms. The molecule has 0 aliphatic carbocycles. The van der Waals surface area contributed by atoms with Crippen molar-refractivity contribution < 1.29 is 4.74 Å². The number of aromatic nitrogens is 1. The molecule has 0 unspecified atom stereocenters. The van der Waals surface area contributed by atoms with E-state index in [2.05, 4.69) is 76.0 Å². The van der Waals surface area contributed by atoms with Gasteiger partial charge in [-0.3, -0.25) is 4.98 Å². The van der Waals surface area contributed by atoms with Gasteiger partial charge in [-0.25, -0.2) is 0 Å². The lowest BCUT2D eigenvalue weighted by molar-refractivity contribution is 0.305. The summed E-state index contributed by atoms with van der Waals surface area (Å²) in [4.78, 5) is 4.59. The van der Waals surface area contributed by atoms with Crippen molar-refractivity contribution in [3.63, 3.8) is 0 Å². The highest BCUT2D eigenvalue weighted by molar-refractivity contribution is 5.73. The van der Waals surface area contributed by atoms with Crippen molar-refractivity contribution in [3.8, 4) is 16.9 Å². The van der Waals surface area contributed by atoms with Crippen molar-refractivity contribution in [3.05, 3.63) is 90.1 Å². The molecule has 0 spiro atoms. The number of hydrogen-bond acceptors (Lipinski definition) is 2. The first-order valence-electron chi connectivity index (χ1n) is 11.0. The van der Waals surface area contributed by atoms with E-state index in [1.54, 1.807) is 0 Å². The summed E-state index contributed by atoms with van der Waals surface area (Å²) >= 11 is 0. The number of nitrogens with zero attached hydrogens (tertiary/aromatic N) is 1. The van der Waals surface area contributed by atoms with Gasteiger partial charge in [0.15, 0.2) is 0 Å². The van der Waals surface area contributed by atoms with Gasteiger partial charge in [0.1, 0.15) is 12.4 Å². The number of rotatable bonds is 9. The molecule has 0 saturated heterocycles. The summed E-state index contributed by atoms with van der Waals surface area (Å²) < 4.78 is 6.18. The fourth-order valence-corrected chi connectivity index (χ4v) is 3.89. The number of benzene rings is 2. The molecule has 0 saturated carbocycles. The van der Waals surface area contributed by atoms with Gasteiger partial charge in [-0.2, -0.15) is 0 Å². The van der Waals surface area contributed by atoms with Gasteiger partial charge in [0.2, 0.25) is 0 Å². The largest absolute Gasteiger partial charge is 0.489 e. The molecule has 1 aromatic heterocycles. The van der Waals surface area contributed by atoms with Crippen LogP contribution in [-0.2, 0) is 25.9 Å². The van der Waals surface area contributed by atoms with E-state index in [0.29, 0.717) is 18.4 Å². The van der Waals surface area contributed by atoms with E-state index < -0.39 is 0 Å². The molecular weight excluding hydrogens is 366 g/mol. The van der Waals surface area contributed by atoms with Gasteiger partial charge in [0.25, 0.3) is 0 Å².